The third-order valence-electron chi connectivity index (χ3n) is 3.86. The van der Waals surface area contributed by atoms with Gasteiger partial charge in [0.1, 0.15) is 23.7 Å². The normalized spacial score (nSPS) is 16.0. The molecule has 0 N–H and O–H groups in total. The highest BCUT2D eigenvalue weighted by atomic mass is 16.5. The lowest BCUT2D eigenvalue weighted by Gasteiger charge is -2.35. The van der Waals surface area contributed by atoms with Gasteiger partial charge >= 0.3 is 0 Å². The Hall–Kier alpha value is -2.15. The van der Waals surface area contributed by atoms with Gasteiger partial charge in [-0.15, -0.1) is 0 Å². The second-order valence-corrected chi connectivity index (χ2v) is 5.82. The van der Waals surface area contributed by atoms with E-state index in [-0.39, 0.29) is 0 Å². The molecule has 0 bridgehead atoms. The fourth-order valence-electron chi connectivity index (χ4n) is 2.61. The van der Waals surface area contributed by atoms with Gasteiger partial charge in [-0.05, 0) is 6.92 Å². The lowest BCUT2D eigenvalue weighted by atomic mass is 10.2. The highest BCUT2D eigenvalue weighted by Gasteiger charge is 2.19. The predicted octanol–water partition coefficient (Wildman–Crippen LogP) is 1.16. The lowest BCUT2D eigenvalue weighted by molar-refractivity contribution is 0.241. The highest BCUT2D eigenvalue weighted by molar-refractivity contribution is 5.49. The van der Waals surface area contributed by atoms with Gasteiger partial charge < -0.3 is 14.3 Å². The van der Waals surface area contributed by atoms with Crippen molar-refractivity contribution in [1.29, 1.82) is 0 Å². The maximum atomic E-state index is 5.12. The van der Waals surface area contributed by atoms with Crippen molar-refractivity contribution in [3.8, 4) is 0 Å². The van der Waals surface area contributed by atoms with Gasteiger partial charge in [0.15, 0.2) is 0 Å². The van der Waals surface area contributed by atoms with Gasteiger partial charge in [-0.1, -0.05) is 5.16 Å². The molecule has 0 aliphatic carbocycles. The van der Waals surface area contributed by atoms with Crippen molar-refractivity contribution in [3.05, 3.63) is 29.9 Å². The predicted molar refractivity (Wildman–Crippen MR) is 85.1 cm³/mol. The molecule has 2 aromatic rings. The molecule has 0 unspecified atom stereocenters. The van der Waals surface area contributed by atoms with Gasteiger partial charge in [0.2, 0.25) is 0 Å². The molecular formula is C15H22N6O. The average Bonchev–Trinajstić information content (AvgIpc) is 2.93. The molecule has 0 spiro atoms. The summed E-state index contributed by atoms with van der Waals surface area (Å²) in [5.74, 6) is 2.80. The van der Waals surface area contributed by atoms with E-state index in [0.29, 0.717) is 0 Å². The third kappa shape index (κ3) is 3.36. The van der Waals surface area contributed by atoms with E-state index in [4.69, 9.17) is 4.52 Å². The van der Waals surface area contributed by atoms with Crippen LogP contribution in [0.3, 0.4) is 0 Å². The highest BCUT2D eigenvalue weighted by Crippen LogP contribution is 2.18. The van der Waals surface area contributed by atoms with Crippen LogP contribution in [0.15, 0.2) is 23.0 Å². The first-order valence-corrected chi connectivity index (χ1v) is 7.50. The standard InChI is InChI=1S/C15H22N6O/c1-12-8-13(18-22-12)10-20-4-6-21(7-5-20)15-9-14(19(2)3)16-11-17-15/h8-9,11H,4-7,10H2,1-3H3. The van der Waals surface area contributed by atoms with Gasteiger partial charge in [0.05, 0.1) is 5.69 Å². The Morgan fingerprint density at radius 1 is 1.14 bits per heavy atom. The number of hydrogen-bond donors (Lipinski definition) is 0. The molecule has 2 aromatic heterocycles. The monoisotopic (exact) mass is 302 g/mol. The van der Waals surface area contributed by atoms with E-state index >= 15 is 0 Å². The van der Waals surface area contributed by atoms with Crippen molar-refractivity contribution in [2.45, 2.75) is 13.5 Å². The Bertz CT molecular complexity index is 618. The van der Waals surface area contributed by atoms with Gasteiger partial charge in [-0.2, -0.15) is 0 Å². The van der Waals surface area contributed by atoms with Crippen molar-refractivity contribution < 1.29 is 4.52 Å². The summed E-state index contributed by atoms with van der Waals surface area (Å²) in [5.41, 5.74) is 1.00. The van der Waals surface area contributed by atoms with Crippen LogP contribution in [-0.2, 0) is 6.54 Å². The van der Waals surface area contributed by atoms with Gasteiger partial charge in [0, 0.05) is 59.0 Å². The minimum absolute atomic E-state index is 0.845. The minimum Gasteiger partial charge on any atom is -0.363 e. The Morgan fingerprint density at radius 2 is 1.91 bits per heavy atom. The quantitative estimate of drug-likeness (QED) is 0.840. The zero-order valence-electron chi connectivity index (χ0n) is 13.4. The van der Waals surface area contributed by atoms with E-state index in [9.17, 15) is 0 Å². The Morgan fingerprint density at radius 3 is 2.55 bits per heavy atom. The molecule has 0 amide bonds. The number of nitrogens with zero attached hydrogens (tertiary/aromatic N) is 6. The molecule has 0 atom stereocenters. The summed E-state index contributed by atoms with van der Waals surface area (Å²) in [6.07, 6.45) is 1.63. The Labute approximate surface area is 130 Å². The van der Waals surface area contributed by atoms with Crippen LogP contribution in [0.1, 0.15) is 11.5 Å². The van der Waals surface area contributed by atoms with Crippen LogP contribution in [-0.4, -0.2) is 60.3 Å². The first kappa shape index (κ1) is 14.8. The van der Waals surface area contributed by atoms with E-state index in [1.165, 1.54) is 0 Å². The maximum Gasteiger partial charge on any atom is 0.134 e. The summed E-state index contributed by atoms with van der Waals surface area (Å²) in [5, 5.41) is 4.06. The zero-order valence-corrected chi connectivity index (χ0v) is 13.4. The Balaban J connectivity index is 1.58. The molecule has 0 aromatic carbocycles. The summed E-state index contributed by atoms with van der Waals surface area (Å²) in [6, 6.07) is 4.04. The molecule has 118 valence electrons. The van der Waals surface area contributed by atoms with Crippen LogP contribution in [0.25, 0.3) is 0 Å². The second-order valence-electron chi connectivity index (χ2n) is 5.82. The molecule has 0 saturated carbocycles. The molecular weight excluding hydrogens is 280 g/mol. The van der Waals surface area contributed by atoms with Crippen molar-refractivity contribution in [3.63, 3.8) is 0 Å². The molecule has 3 rings (SSSR count). The van der Waals surface area contributed by atoms with E-state index in [2.05, 4.69) is 24.9 Å². The molecule has 1 fully saturated rings. The van der Waals surface area contributed by atoms with Gasteiger partial charge in [0.25, 0.3) is 0 Å². The molecule has 1 aliphatic heterocycles. The number of rotatable bonds is 4. The molecule has 3 heterocycles. The van der Waals surface area contributed by atoms with Crippen LogP contribution in [0.2, 0.25) is 0 Å². The van der Waals surface area contributed by atoms with Crippen LogP contribution in [0.5, 0.6) is 0 Å². The van der Waals surface area contributed by atoms with Crippen molar-refractivity contribution in [2.75, 3.05) is 50.1 Å². The summed E-state index contributed by atoms with van der Waals surface area (Å²) in [7, 11) is 3.98. The number of aryl methyl sites for hydroxylation is 1. The Kier molecular flexibility index (Phi) is 4.24. The van der Waals surface area contributed by atoms with Crippen LogP contribution in [0.4, 0.5) is 11.6 Å². The fourth-order valence-corrected chi connectivity index (χ4v) is 2.61. The average molecular weight is 302 g/mol. The third-order valence-corrected chi connectivity index (χ3v) is 3.86. The topological polar surface area (TPSA) is 61.5 Å². The first-order chi connectivity index (χ1) is 10.6. The van der Waals surface area contributed by atoms with Crippen molar-refractivity contribution in [1.82, 2.24) is 20.0 Å². The van der Waals surface area contributed by atoms with Gasteiger partial charge in [-0.25, -0.2) is 9.97 Å². The zero-order chi connectivity index (χ0) is 15.5. The lowest BCUT2D eigenvalue weighted by Crippen LogP contribution is -2.46. The summed E-state index contributed by atoms with van der Waals surface area (Å²) in [4.78, 5) is 15.4. The van der Waals surface area contributed by atoms with Crippen molar-refractivity contribution >= 4 is 11.6 Å². The van der Waals surface area contributed by atoms with Crippen LogP contribution in [0, 0.1) is 6.92 Å². The molecule has 1 aliphatic rings. The smallest absolute Gasteiger partial charge is 0.134 e. The second kappa shape index (κ2) is 6.31. The van der Waals surface area contributed by atoms with E-state index < -0.39 is 0 Å². The van der Waals surface area contributed by atoms with E-state index in [1.54, 1.807) is 6.33 Å². The van der Waals surface area contributed by atoms with E-state index in [0.717, 1.165) is 55.8 Å². The summed E-state index contributed by atoms with van der Waals surface area (Å²) < 4.78 is 5.12. The van der Waals surface area contributed by atoms with Crippen molar-refractivity contribution in [2.24, 2.45) is 0 Å². The summed E-state index contributed by atoms with van der Waals surface area (Å²) >= 11 is 0. The minimum atomic E-state index is 0.845. The maximum absolute atomic E-state index is 5.12. The number of aromatic nitrogens is 3. The SMILES string of the molecule is Cc1cc(CN2CCN(c3cc(N(C)C)ncn3)CC2)no1. The fraction of sp³-hybridized carbons (Fsp3) is 0.533. The molecule has 1 saturated heterocycles. The molecule has 0 radical (unpaired) electrons. The summed E-state index contributed by atoms with van der Waals surface area (Å²) in [6.45, 7) is 6.67. The first-order valence-electron chi connectivity index (χ1n) is 7.50. The van der Waals surface area contributed by atoms with Crippen LogP contribution >= 0.6 is 0 Å². The number of hydrogen-bond acceptors (Lipinski definition) is 7. The number of piperazine rings is 1. The molecule has 7 nitrogen and oxygen atoms in total. The number of anilines is 2. The molecule has 7 heteroatoms. The van der Waals surface area contributed by atoms with Crippen LogP contribution < -0.4 is 9.80 Å². The molecule has 22 heavy (non-hydrogen) atoms. The van der Waals surface area contributed by atoms with Gasteiger partial charge in [-0.3, -0.25) is 4.90 Å². The van der Waals surface area contributed by atoms with E-state index in [1.807, 2.05) is 38.1 Å². The largest absolute Gasteiger partial charge is 0.363 e.